The normalized spacial score (nSPS) is 10.6. The van der Waals surface area contributed by atoms with Gasteiger partial charge in [0.05, 0.1) is 5.56 Å². The third kappa shape index (κ3) is 3.99. The smallest absolute Gasteiger partial charge is 0.384 e. The van der Waals surface area contributed by atoms with Gasteiger partial charge in [0, 0.05) is 18.7 Å². The van der Waals surface area contributed by atoms with Crippen LogP contribution >= 0.6 is 0 Å². The molecule has 1 rings (SSSR count). The van der Waals surface area contributed by atoms with Crippen LogP contribution in [0.5, 0.6) is 0 Å². The Morgan fingerprint density at radius 3 is 2.59 bits per heavy atom. The summed E-state index contributed by atoms with van der Waals surface area (Å²) in [5.41, 5.74) is -1.03. The minimum Gasteiger partial charge on any atom is -0.384 e. The fourth-order valence-electron chi connectivity index (χ4n) is 1.25. The van der Waals surface area contributed by atoms with Crippen molar-refractivity contribution in [2.24, 2.45) is 0 Å². The number of benzene rings is 1. The highest BCUT2D eigenvalue weighted by Crippen LogP contribution is 2.32. The molecule has 1 aromatic carbocycles. The molecule has 1 aromatic rings. The molecule has 0 heterocycles. The lowest BCUT2D eigenvalue weighted by molar-refractivity contribution is -0.139. The maximum absolute atomic E-state index is 12.9. The molecule has 17 heavy (non-hydrogen) atoms. The van der Waals surface area contributed by atoms with E-state index in [9.17, 15) is 17.6 Å². The van der Waals surface area contributed by atoms with Crippen LogP contribution in [0.25, 0.3) is 0 Å². The van der Waals surface area contributed by atoms with Crippen molar-refractivity contribution in [3.63, 3.8) is 0 Å². The van der Waals surface area contributed by atoms with Crippen molar-refractivity contribution in [1.29, 1.82) is 0 Å². The van der Waals surface area contributed by atoms with Gasteiger partial charge in [-0.1, -0.05) is 0 Å². The quantitative estimate of drug-likeness (QED) is 0.486. The first-order chi connectivity index (χ1) is 7.95. The Morgan fingerprint density at radius 1 is 1.29 bits per heavy atom. The molecule has 1 nitrogen and oxygen atoms in total. The average molecular weight is 245 g/mol. The third-order valence-electron chi connectivity index (χ3n) is 2.03. The van der Waals surface area contributed by atoms with Crippen molar-refractivity contribution in [3.05, 3.63) is 29.6 Å². The van der Waals surface area contributed by atoms with E-state index in [4.69, 9.17) is 0 Å². The van der Waals surface area contributed by atoms with Crippen LogP contribution in [-0.4, -0.2) is 6.54 Å². The molecule has 0 aliphatic heterocycles. The zero-order valence-electron chi connectivity index (χ0n) is 9.16. The summed E-state index contributed by atoms with van der Waals surface area (Å²) in [4.78, 5) is 0. The predicted octanol–water partition coefficient (Wildman–Crippen LogP) is 3.67. The highest BCUT2D eigenvalue weighted by Gasteiger charge is 2.34. The van der Waals surface area contributed by atoms with Crippen molar-refractivity contribution < 1.29 is 17.6 Å². The Morgan fingerprint density at radius 2 is 2.00 bits per heavy atom. The van der Waals surface area contributed by atoms with Gasteiger partial charge in [-0.25, -0.2) is 4.39 Å². The van der Waals surface area contributed by atoms with E-state index in [2.05, 4.69) is 17.2 Å². The molecule has 0 aromatic heterocycles. The zero-order valence-corrected chi connectivity index (χ0v) is 9.16. The van der Waals surface area contributed by atoms with E-state index >= 15 is 0 Å². The van der Waals surface area contributed by atoms with Gasteiger partial charge < -0.3 is 5.32 Å². The van der Waals surface area contributed by atoms with Crippen LogP contribution in [0, 0.1) is 17.7 Å². The Bertz CT molecular complexity index is 440. The molecule has 1 N–H and O–H groups in total. The van der Waals surface area contributed by atoms with Crippen LogP contribution in [-0.2, 0) is 6.18 Å². The Hall–Kier alpha value is -1.70. The summed E-state index contributed by atoms with van der Waals surface area (Å²) < 4.78 is 50.1. The second-order valence-corrected chi connectivity index (χ2v) is 3.30. The summed E-state index contributed by atoms with van der Waals surface area (Å²) in [7, 11) is 0. The first-order valence-corrected chi connectivity index (χ1v) is 4.95. The van der Waals surface area contributed by atoms with E-state index in [1.165, 1.54) is 6.07 Å². The second kappa shape index (κ2) is 5.58. The fraction of sp³-hybridized carbons (Fsp3) is 0.333. The molecule has 0 spiro atoms. The fourth-order valence-corrected chi connectivity index (χ4v) is 1.25. The molecular formula is C12H11F4N. The van der Waals surface area contributed by atoms with Crippen molar-refractivity contribution in [1.82, 2.24) is 0 Å². The number of hydrogen-bond donors (Lipinski definition) is 1. The Balaban J connectivity index is 2.78. The summed E-state index contributed by atoms with van der Waals surface area (Å²) in [6.45, 7) is 2.10. The van der Waals surface area contributed by atoms with Gasteiger partial charge in [-0.3, -0.25) is 0 Å². The van der Waals surface area contributed by atoms with Crippen LogP contribution in [0.4, 0.5) is 23.2 Å². The van der Waals surface area contributed by atoms with Gasteiger partial charge in [-0.05, 0) is 25.1 Å². The minimum atomic E-state index is -4.68. The average Bonchev–Trinajstić information content (AvgIpc) is 2.25. The maximum Gasteiger partial charge on any atom is 0.419 e. The Kier molecular flexibility index (Phi) is 4.38. The third-order valence-corrected chi connectivity index (χ3v) is 2.03. The van der Waals surface area contributed by atoms with Gasteiger partial charge in [0.2, 0.25) is 0 Å². The van der Waals surface area contributed by atoms with E-state index in [0.29, 0.717) is 13.0 Å². The molecule has 0 bridgehead atoms. The first kappa shape index (κ1) is 13.4. The molecule has 0 unspecified atom stereocenters. The standard InChI is InChI=1S/C12H11F4N/c1-2-3-4-7-17-9-5-6-11(13)10(8-9)12(14,15)16/h5-6,8,17H,4,7H2,1H3. The molecule has 0 aliphatic rings. The predicted molar refractivity (Wildman–Crippen MR) is 58.0 cm³/mol. The maximum atomic E-state index is 12.9. The molecule has 0 saturated carbocycles. The first-order valence-electron chi connectivity index (χ1n) is 4.95. The monoisotopic (exact) mass is 245 g/mol. The number of nitrogens with one attached hydrogen (secondary N) is 1. The summed E-state index contributed by atoms with van der Waals surface area (Å²) in [6, 6.07) is 2.83. The van der Waals surface area contributed by atoms with E-state index in [-0.39, 0.29) is 5.69 Å². The lowest BCUT2D eigenvalue weighted by atomic mass is 10.2. The molecule has 0 atom stereocenters. The molecular weight excluding hydrogens is 234 g/mol. The molecule has 92 valence electrons. The molecule has 0 saturated heterocycles. The number of halogens is 4. The van der Waals surface area contributed by atoms with E-state index < -0.39 is 17.6 Å². The summed E-state index contributed by atoms with van der Waals surface area (Å²) in [5, 5.41) is 2.75. The zero-order chi connectivity index (χ0) is 12.9. The summed E-state index contributed by atoms with van der Waals surface area (Å²) >= 11 is 0. The van der Waals surface area contributed by atoms with E-state index in [1.807, 2.05) is 0 Å². The van der Waals surface area contributed by atoms with Crippen molar-refractivity contribution >= 4 is 5.69 Å². The molecule has 5 heteroatoms. The number of rotatable bonds is 3. The van der Waals surface area contributed by atoms with Crippen LogP contribution in [0.3, 0.4) is 0 Å². The van der Waals surface area contributed by atoms with E-state index in [1.54, 1.807) is 6.92 Å². The Labute approximate surface area is 96.8 Å². The van der Waals surface area contributed by atoms with Gasteiger partial charge in [-0.2, -0.15) is 13.2 Å². The van der Waals surface area contributed by atoms with Crippen molar-refractivity contribution in [2.75, 3.05) is 11.9 Å². The number of alkyl halides is 3. The number of hydrogen-bond acceptors (Lipinski definition) is 1. The van der Waals surface area contributed by atoms with Crippen LogP contribution in [0.15, 0.2) is 18.2 Å². The van der Waals surface area contributed by atoms with Gasteiger partial charge >= 0.3 is 6.18 Å². The van der Waals surface area contributed by atoms with Gasteiger partial charge in [0.25, 0.3) is 0 Å². The molecule has 0 amide bonds. The van der Waals surface area contributed by atoms with Crippen LogP contribution in [0.1, 0.15) is 18.9 Å². The van der Waals surface area contributed by atoms with Crippen molar-refractivity contribution in [3.8, 4) is 11.8 Å². The van der Waals surface area contributed by atoms with Crippen LogP contribution in [0.2, 0.25) is 0 Å². The lowest BCUT2D eigenvalue weighted by Crippen LogP contribution is -2.09. The van der Waals surface area contributed by atoms with Gasteiger partial charge in [0.1, 0.15) is 5.82 Å². The second-order valence-electron chi connectivity index (χ2n) is 3.30. The molecule has 0 aliphatic carbocycles. The van der Waals surface area contributed by atoms with Crippen molar-refractivity contribution in [2.45, 2.75) is 19.5 Å². The molecule has 0 radical (unpaired) electrons. The number of anilines is 1. The van der Waals surface area contributed by atoms with E-state index in [0.717, 1.165) is 12.1 Å². The summed E-state index contributed by atoms with van der Waals surface area (Å²) in [6.07, 6.45) is -4.15. The lowest BCUT2D eigenvalue weighted by Gasteiger charge is -2.10. The highest BCUT2D eigenvalue weighted by molar-refractivity contribution is 5.47. The van der Waals surface area contributed by atoms with Gasteiger partial charge in [0.15, 0.2) is 0 Å². The minimum absolute atomic E-state index is 0.233. The van der Waals surface area contributed by atoms with Crippen LogP contribution < -0.4 is 5.32 Å². The highest BCUT2D eigenvalue weighted by atomic mass is 19.4. The SMILES string of the molecule is CC#CCCNc1ccc(F)c(C(F)(F)F)c1. The topological polar surface area (TPSA) is 12.0 Å². The largest absolute Gasteiger partial charge is 0.419 e. The summed E-state index contributed by atoms with van der Waals surface area (Å²) in [5.74, 6) is 4.17. The molecule has 0 fully saturated rings. The van der Waals surface area contributed by atoms with Gasteiger partial charge in [-0.15, -0.1) is 11.8 Å².